The molecule has 0 bridgehead atoms. The van der Waals surface area contributed by atoms with Crippen molar-refractivity contribution in [2.45, 2.75) is 44.9 Å². The van der Waals surface area contributed by atoms with Crippen molar-refractivity contribution in [3.05, 3.63) is 0 Å². The number of quaternary nitrogens is 1. The molecule has 0 aromatic carbocycles. The van der Waals surface area contributed by atoms with E-state index in [1.807, 2.05) is 21.1 Å². The van der Waals surface area contributed by atoms with Gasteiger partial charge in [0, 0.05) is 19.0 Å². The van der Waals surface area contributed by atoms with E-state index in [-0.39, 0.29) is 18.5 Å². The molecule has 1 aliphatic rings. The molecular formula is C16H30N3O5+. The third-order valence-corrected chi connectivity index (χ3v) is 3.39. The van der Waals surface area contributed by atoms with Crippen LogP contribution < -0.4 is 5.32 Å². The van der Waals surface area contributed by atoms with Gasteiger partial charge in [-0.15, -0.1) is 0 Å². The highest BCUT2D eigenvalue weighted by Gasteiger charge is 2.42. The number of methoxy groups -OCH3 is 1. The number of likely N-dealkylation sites (tertiary alicyclic amines) is 1. The number of carbonyl (C=O) groups is 3. The fourth-order valence-electron chi connectivity index (χ4n) is 2.53. The number of rotatable bonds is 4. The van der Waals surface area contributed by atoms with Crippen molar-refractivity contribution in [2.75, 3.05) is 41.3 Å². The summed E-state index contributed by atoms with van der Waals surface area (Å²) in [5, 5.41) is 2.88. The van der Waals surface area contributed by atoms with Gasteiger partial charge in [0.15, 0.2) is 6.54 Å². The van der Waals surface area contributed by atoms with Crippen molar-refractivity contribution in [2.24, 2.45) is 0 Å². The molecule has 0 saturated carbocycles. The second kappa shape index (κ2) is 7.38. The summed E-state index contributed by atoms with van der Waals surface area (Å²) in [4.78, 5) is 37.7. The molecule has 1 aliphatic heterocycles. The molecule has 1 saturated heterocycles. The predicted molar refractivity (Wildman–Crippen MR) is 88.2 cm³/mol. The second-order valence-corrected chi connectivity index (χ2v) is 8.12. The van der Waals surface area contributed by atoms with Crippen molar-refractivity contribution >= 4 is 18.0 Å². The molecule has 2 amide bonds. The molecule has 1 N–H and O–H groups in total. The third-order valence-electron chi connectivity index (χ3n) is 3.39. The summed E-state index contributed by atoms with van der Waals surface area (Å²) in [6.07, 6.45) is -0.268. The molecule has 24 heavy (non-hydrogen) atoms. The normalized spacial score (nSPS) is 21.4. The maximum Gasteiger partial charge on any atom is 0.411 e. The van der Waals surface area contributed by atoms with Gasteiger partial charge in [0.2, 0.25) is 0 Å². The van der Waals surface area contributed by atoms with Gasteiger partial charge in [0.25, 0.3) is 5.91 Å². The van der Waals surface area contributed by atoms with E-state index in [2.05, 4.69) is 5.32 Å². The first-order valence-electron chi connectivity index (χ1n) is 7.99. The van der Waals surface area contributed by atoms with E-state index < -0.39 is 23.7 Å². The molecule has 0 aliphatic carbocycles. The minimum Gasteiger partial charge on any atom is -0.467 e. The van der Waals surface area contributed by atoms with E-state index in [0.29, 0.717) is 17.4 Å². The van der Waals surface area contributed by atoms with E-state index in [9.17, 15) is 14.4 Å². The van der Waals surface area contributed by atoms with Crippen LogP contribution in [-0.2, 0) is 19.1 Å². The summed E-state index contributed by atoms with van der Waals surface area (Å²) in [6, 6.07) is -1.06. The molecule has 138 valence electrons. The van der Waals surface area contributed by atoms with Gasteiger partial charge in [-0.2, -0.15) is 0 Å². The fraction of sp³-hybridized carbons (Fsp3) is 0.812. The first-order valence-corrected chi connectivity index (χ1v) is 7.99. The number of carbonyl (C=O) groups excluding carboxylic acids is 3. The summed E-state index contributed by atoms with van der Waals surface area (Å²) in [5.41, 5.74) is -0.664. The van der Waals surface area contributed by atoms with Crippen LogP contribution in [0.3, 0.4) is 0 Å². The van der Waals surface area contributed by atoms with E-state index in [1.165, 1.54) is 12.0 Å². The highest BCUT2D eigenvalue weighted by molar-refractivity contribution is 5.83. The standard InChI is InChI=1S/C16H29N3O5/c1-16(2,3)24-15(22)18-9-11(8-12(18)14(21)23-7)17-13(20)10-19(4,5)6/h11-12H,8-10H2,1-7H3/p+1/t11-,12+/m0/s1. The maximum atomic E-state index is 12.3. The van der Waals surface area contributed by atoms with E-state index >= 15 is 0 Å². The number of amides is 2. The third kappa shape index (κ3) is 6.35. The van der Waals surface area contributed by atoms with Gasteiger partial charge < -0.3 is 19.3 Å². The lowest BCUT2D eigenvalue weighted by atomic mass is 10.1. The first-order chi connectivity index (χ1) is 10.8. The van der Waals surface area contributed by atoms with Crippen LogP contribution in [0.5, 0.6) is 0 Å². The Morgan fingerprint density at radius 1 is 1.21 bits per heavy atom. The fourth-order valence-corrected chi connectivity index (χ4v) is 2.53. The minimum atomic E-state index is -0.751. The van der Waals surface area contributed by atoms with Crippen LogP contribution in [-0.4, -0.2) is 86.4 Å². The summed E-state index contributed by atoms with van der Waals surface area (Å²) in [7, 11) is 7.02. The van der Waals surface area contributed by atoms with Crippen molar-refractivity contribution in [1.29, 1.82) is 0 Å². The average molecular weight is 344 g/mol. The Morgan fingerprint density at radius 3 is 2.25 bits per heavy atom. The molecule has 1 rings (SSSR count). The molecule has 0 spiro atoms. The molecule has 8 heteroatoms. The van der Waals surface area contributed by atoms with Gasteiger partial charge in [0.05, 0.1) is 28.3 Å². The van der Waals surface area contributed by atoms with Crippen LogP contribution >= 0.6 is 0 Å². The second-order valence-electron chi connectivity index (χ2n) is 8.12. The first kappa shape index (κ1) is 20.2. The number of likely N-dealkylation sites (N-methyl/N-ethyl adjacent to an activating group) is 1. The molecule has 8 nitrogen and oxygen atoms in total. The molecule has 0 unspecified atom stereocenters. The molecular weight excluding hydrogens is 314 g/mol. The Morgan fingerprint density at radius 2 is 1.79 bits per heavy atom. The molecule has 1 heterocycles. The number of nitrogens with one attached hydrogen (secondary N) is 1. The average Bonchev–Trinajstić information content (AvgIpc) is 2.77. The van der Waals surface area contributed by atoms with E-state index in [4.69, 9.17) is 9.47 Å². The number of esters is 1. The highest BCUT2D eigenvalue weighted by Crippen LogP contribution is 2.22. The SMILES string of the molecule is COC(=O)[C@H]1C[C@H](NC(=O)C[N+](C)(C)C)CN1C(=O)OC(C)(C)C. The van der Waals surface area contributed by atoms with Gasteiger partial charge in [0.1, 0.15) is 11.6 Å². The van der Waals surface area contributed by atoms with Crippen LogP contribution in [0.1, 0.15) is 27.2 Å². The van der Waals surface area contributed by atoms with Crippen LogP contribution in [0.4, 0.5) is 4.79 Å². The van der Waals surface area contributed by atoms with Gasteiger partial charge in [-0.1, -0.05) is 0 Å². The van der Waals surface area contributed by atoms with Gasteiger partial charge >= 0.3 is 12.1 Å². The topological polar surface area (TPSA) is 84.9 Å². The highest BCUT2D eigenvalue weighted by atomic mass is 16.6. The summed E-state index contributed by atoms with van der Waals surface area (Å²) >= 11 is 0. The summed E-state index contributed by atoms with van der Waals surface area (Å²) in [6.45, 7) is 5.81. The quantitative estimate of drug-likeness (QED) is 0.588. The Kier molecular flexibility index (Phi) is 6.21. The number of ether oxygens (including phenoxy) is 2. The van der Waals surface area contributed by atoms with Crippen LogP contribution in [0, 0.1) is 0 Å². The van der Waals surface area contributed by atoms with Crippen LogP contribution in [0.25, 0.3) is 0 Å². The molecule has 0 radical (unpaired) electrons. The molecule has 1 fully saturated rings. The molecule has 2 atom stereocenters. The van der Waals surface area contributed by atoms with Crippen molar-refractivity contribution in [3.8, 4) is 0 Å². The zero-order valence-corrected chi connectivity index (χ0v) is 15.7. The smallest absolute Gasteiger partial charge is 0.411 e. The van der Waals surface area contributed by atoms with Crippen molar-refractivity contribution in [1.82, 2.24) is 10.2 Å². The Balaban J connectivity index is 2.78. The van der Waals surface area contributed by atoms with Crippen molar-refractivity contribution < 1.29 is 28.3 Å². The predicted octanol–water partition coefficient (Wildman–Crippen LogP) is 0.360. The molecule has 0 aromatic rings. The zero-order chi connectivity index (χ0) is 18.7. The number of nitrogens with zero attached hydrogens (tertiary/aromatic N) is 2. The van der Waals surface area contributed by atoms with E-state index in [1.54, 1.807) is 20.8 Å². The number of hydrogen-bond donors (Lipinski definition) is 1. The van der Waals surface area contributed by atoms with E-state index in [0.717, 1.165) is 0 Å². The largest absolute Gasteiger partial charge is 0.467 e. The lowest BCUT2D eigenvalue weighted by Gasteiger charge is -2.27. The zero-order valence-electron chi connectivity index (χ0n) is 15.7. The summed E-state index contributed by atoms with van der Waals surface area (Å²) in [5.74, 6) is -0.633. The minimum absolute atomic E-state index is 0.123. The van der Waals surface area contributed by atoms with Gasteiger partial charge in [-0.25, -0.2) is 9.59 Å². The number of hydrogen-bond acceptors (Lipinski definition) is 5. The van der Waals surface area contributed by atoms with Gasteiger partial charge in [-0.05, 0) is 20.8 Å². The Hall–Kier alpha value is -1.83. The van der Waals surface area contributed by atoms with Gasteiger partial charge in [-0.3, -0.25) is 9.69 Å². The monoisotopic (exact) mass is 344 g/mol. The lowest BCUT2D eigenvalue weighted by molar-refractivity contribution is -0.862. The Labute approximate surface area is 143 Å². The molecule has 0 aromatic heterocycles. The van der Waals surface area contributed by atoms with Crippen molar-refractivity contribution in [3.63, 3.8) is 0 Å². The lowest BCUT2D eigenvalue weighted by Crippen LogP contribution is -2.48. The Bertz CT molecular complexity index is 493. The van der Waals surface area contributed by atoms with Crippen LogP contribution in [0.15, 0.2) is 0 Å². The van der Waals surface area contributed by atoms with Crippen LogP contribution in [0.2, 0.25) is 0 Å². The maximum absolute atomic E-state index is 12.3. The summed E-state index contributed by atoms with van der Waals surface area (Å²) < 4.78 is 10.6.